The van der Waals surface area contributed by atoms with Crippen LogP contribution >= 0.6 is 22.7 Å². The fourth-order valence-corrected chi connectivity index (χ4v) is 5.49. The van der Waals surface area contributed by atoms with Gasteiger partial charge in [-0.05, 0) is 24.3 Å². The molecular formula is C23H19N3O4S2. The Morgan fingerprint density at radius 3 is 2.75 bits per heavy atom. The van der Waals surface area contributed by atoms with Crippen LogP contribution in [0.15, 0.2) is 60.7 Å². The van der Waals surface area contributed by atoms with Gasteiger partial charge in [-0.15, -0.1) is 11.3 Å². The average Bonchev–Trinajstić information content (AvgIpc) is 3.37. The Hall–Kier alpha value is -3.43. The Bertz CT molecular complexity index is 1240. The summed E-state index contributed by atoms with van der Waals surface area (Å²) >= 11 is 2.71. The lowest BCUT2D eigenvalue weighted by Crippen LogP contribution is -2.35. The molecule has 0 saturated heterocycles. The summed E-state index contributed by atoms with van der Waals surface area (Å²) < 4.78 is 11.7. The summed E-state index contributed by atoms with van der Waals surface area (Å²) in [5, 5.41) is 6.93. The maximum Gasteiger partial charge on any atom is 0.348 e. The van der Waals surface area contributed by atoms with Crippen molar-refractivity contribution >= 4 is 54.9 Å². The zero-order valence-electron chi connectivity index (χ0n) is 16.9. The minimum atomic E-state index is -0.528. The highest BCUT2D eigenvalue weighted by Gasteiger charge is 2.23. The summed E-state index contributed by atoms with van der Waals surface area (Å²) in [4.78, 5) is 30.5. The predicted molar refractivity (Wildman–Crippen MR) is 125 cm³/mol. The second-order valence-electron chi connectivity index (χ2n) is 7.16. The molecule has 0 aliphatic carbocycles. The SMILES string of the molecule is O=C(COC(=O)c1cc2sc(Nc3ccccc3)nc2s1)NC1CCOc2ccccc21. The third kappa shape index (κ3) is 4.44. The number of nitrogens with one attached hydrogen (secondary N) is 2. The molecule has 32 heavy (non-hydrogen) atoms. The van der Waals surface area contributed by atoms with Gasteiger partial charge >= 0.3 is 5.97 Å². The summed E-state index contributed by atoms with van der Waals surface area (Å²) in [5.41, 5.74) is 1.88. The molecule has 5 rings (SSSR count). The van der Waals surface area contributed by atoms with Crippen molar-refractivity contribution in [1.29, 1.82) is 0 Å². The van der Waals surface area contributed by atoms with Crippen molar-refractivity contribution in [3.63, 3.8) is 0 Å². The van der Waals surface area contributed by atoms with E-state index in [9.17, 15) is 9.59 Å². The molecule has 2 N–H and O–H groups in total. The van der Waals surface area contributed by atoms with Crippen molar-refractivity contribution in [3.05, 3.63) is 71.1 Å². The zero-order chi connectivity index (χ0) is 21.9. The molecule has 0 fully saturated rings. The molecule has 1 unspecified atom stereocenters. The van der Waals surface area contributed by atoms with E-state index < -0.39 is 5.97 Å². The van der Waals surface area contributed by atoms with Gasteiger partial charge in [-0.3, -0.25) is 4.79 Å². The number of carbonyl (C=O) groups excluding carboxylic acids is 2. The van der Waals surface area contributed by atoms with Crippen LogP contribution in [-0.4, -0.2) is 30.1 Å². The summed E-state index contributed by atoms with van der Waals surface area (Å²) in [6.45, 7) is 0.194. The van der Waals surface area contributed by atoms with E-state index in [-0.39, 0.29) is 18.6 Å². The largest absolute Gasteiger partial charge is 0.493 e. The van der Waals surface area contributed by atoms with Gasteiger partial charge in [0, 0.05) is 17.7 Å². The number of benzene rings is 2. The molecule has 3 heterocycles. The number of anilines is 2. The van der Waals surface area contributed by atoms with Crippen LogP contribution in [0.3, 0.4) is 0 Å². The Labute approximate surface area is 192 Å². The molecule has 2 aromatic heterocycles. The minimum Gasteiger partial charge on any atom is -0.493 e. The first-order chi connectivity index (χ1) is 15.7. The van der Waals surface area contributed by atoms with E-state index in [1.165, 1.54) is 22.7 Å². The fraction of sp³-hybridized carbons (Fsp3) is 0.174. The maximum absolute atomic E-state index is 12.4. The molecule has 1 aliphatic heterocycles. The van der Waals surface area contributed by atoms with Crippen molar-refractivity contribution in [3.8, 4) is 5.75 Å². The summed E-state index contributed by atoms with van der Waals surface area (Å²) in [6.07, 6.45) is 0.670. The summed E-state index contributed by atoms with van der Waals surface area (Å²) in [5.74, 6) is -0.0977. The van der Waals surface area contributed by atoms with Crippen LogP contribution in [0.2, 0.25) is 0 Å². The molecule has 0 radical (unpaired) electrons. The third-order valence-corrected chi connectivity index (χ3v) is 7.00. The first kappa shape index (κ1) is 20.5. The molecule has 1 atom stereocenters. The van der Waals surface area contributed by atoms with E-state index in [0.29, 0.717) is 17.9 Å². The number of nitrogens with zero attached hydrogens (tertiary/aromatic N) is 1. The summed E-state index contributed by atoms with van der Waals surface area (Å²) in [7, 11) is 0. The van der Waals surface area contributed by atoms with E-state index in [1.54, 1.807) is 6.07 Å². The number of esters is 1. The Balaban J connectivity index is 1.17. The lowest BCUT2D eigenvalue weighted by Gasteiger charge is -2.26. The summed E-state index contributed by atoms with van der Waals surface area (Å²) in [6, 6.07) is 19.0. The van der Waals surface area contributed by atoms with Gasteiger partial charge in [0.25, 0.3) is 5.91 Å². The highest BCUT2D eigenvalue weighted by Crippen LogP contribution is 2.34. The highest BCUT2D eigenvalue weighted by molar-refractivity contribution is 7.29. The quantitative estimate of drug-likeness (QED) is 0.394. The molecule has 162 valence electrons. The van der Waals surface area contributed by atoms with E-state index in [4.69, 9.17) is 9.47 Å². The van der Waals surface area contributed by atoms with Gasteiger partial charge in [-0.1, -0.05) is 47.7 Å². The molecule has 2 aromatic carbocycles. The normalized spacial score (nSPS) is 14.9. The van der Waals surface area contributed by atoms with Crippen molar-refractivity contribution in [1.82, 2.24) is 10.3 Å². The minimum absolute atomic E-state index is 0.155. The van der Waals surface area contributed by atoms with Crippen LogP contribution in [0.25, 0.3) is 9.53 Å². The van der Waals surface area contributed by atoms with E-state index >= 15 is 0 Å². The maximum atomic E-state index is 12.4. The monoisotopic (exact) mass is 465 g/mol. The van der Waals surface area contributed by atoms with Crippen molar-refractivity contribution in [2.45, 2.75) is 12.5 Å². The Kier molecular flexibility index (Phi) is 5.74. The number of aromatic nitrogens is 1. The van der Waals surface area contributed by atoms with Crippen LogP contribution < -0.4 is 15.4 Å². The fourth-order valence-electron chi connectivity index (χ4n) is 3.46. The van der Waals surface area contributed by atoms with Gasteiger partial charge in [0.2, 0.25) is 0 Å². The second kappa shape index (κ2) is 8.97. The standard InChI is InChI=1S/C23H19N3O4S2/c27-20(25-16-10-11-29-17-9-5-4-8-15(16)17)13-30-22(28)19-12-18-21(31-19)26-23(32-18)24-14-6-2-1-3-7-14/h1-9,12,16H,10-11,13H2,(H,24,26)(H,25,27). The van der Waals surface area contributed by atoms with Gasteiger partial charge in [-0.25, -0.2) is 9.78 Å². The van der Waals surface area contributed by atoms with Gasteiger partial charge in [-0.2, -0.15) is 0 Å². The molecule has 0 spiro atoms. The number of para-hydroxylation sites is 2. The third-order valence-electron chi connectivity index (χ3n) is 4.94. The first-order valence-corrected chi connectivity index (χ1v) is 11.7. The second-order valence-corrected chi connectivity index (χ2v) is 9.22. The molecular weight excluding hydrogens is 446 g/mol. The van der Waals surface area contributed by atoms with Gasteiger partial charge in [0.1, 0.15) is 15.5 Å². The lowest BCUT2D eigenvalue weighted by molar-refractivity contribution is -0.125. The molecule has 7 nitrogen and oxygen atoms in total. The van der Waals surface area contributed by atoms with Crippen LogP contribution in [0.4, 0.5) is 10.8 Å². The number of thiophene rings is 1. The number of amides is 1. The molecule has 0 saturated carbocycles. The molecule has 9 heteroatoms. The number of hydrogen-bond acceptors (Lipinski definition) is 8. The van der Waals surface area contributed by atoms with Gasteiger partial charge < -0.3 is 20.1 Å². The van der Waals surface area contributed by atoms with Crippen LogP contribution in [0.1, 0.15) is 27.7 Å². The number of ether oxygens (including phenoxy) is 2. The lowest BCUT2D eigenvalue weighted by atomic mass is 10.0. The zero-order valence-corrected chi connectivity index (χ0v) is 18.5. The van der Waals surface area contributed by atoms with Crippen molar-refractivity contribution < 1.29 is 19.1 Å². The number of fused-ring (bicyclic) bond motifs is 2. The smallest absolute Gasteiger partial charge is 0.348 e. The van der Waals surface area contributed by atoms with Crippen LogP contribution in [-0.2, 0) is 9.53 Å². The Morgan fingerprint density at radius 1 is 1.09 bits per heavy atom. The van der Waals surface area contributed by atoms with Crippen molar-refractivity contribution in [2.75, 3.05) is 18.5 Å². The molecule has 1 amide bonds. The van der Waals surface area contributed by atoms with Crippen molar-refractivity contribution in [2.24, 2.45) is 0 Å². The predicted octanol–water partition coefficient (Wildman–Crippen LogP) is 4.90. The van der Waals surface area contributed by atoms with E-state index in [2.05, 4.69) is 15.6 Å². The highest BCUT2D eigenvalue weighted by atomic mass is 32.1. The number of rotatable bonds is 6. The number of thiazole rings is 1. The van der Waals surface area contributed by atoms with Gasteiger partial charge in [0.05, 0.1) is 17.3 Å². The van der Waals surface area contributed by atoms with Crippen LogP contribution in [0, 0.1) is 0 Å². The van der Waals surface area contributed by atoms with Gasteiger partial charge in [0.15, 0.2) is 11.7 Å². The number of carbonyl (C=O) groups is 2. The average molecular weight is 466 g/mol. The number of hydrogen-bond donors (Lipinski definition) is 2. The van der Waals surface area contributed by atoms with Crippen LogP contribution in [0.5, 0.6) is 5.75 Å². The molecule has 4 aromatic rings. The van der Waals surface area contributed by atoms with E-state index in [0.717, 1.165) is 31.7 Å². The topological polar surface area (TPSA) is 89.6 Å². The van der Waals surface area contributed by atoms with E-state index in [1.807, 2.05) is 54.6 Å². The molecule has 0 bridgehead atoms. The first-order valence-electron chi connectivity index (χ1n) is 10.1. The Morgan fingerprint density at radius 2 is 1.91 bits per heavy atom. The molecule has 1 aliphatic rings.